The molecule has 0 aliphatic carbocycles. The van der Waals surface area contributed by atoms with Crippen molar-refractivity contribution in [3.05, 3.63) is 40.6 Å². The predicted molar refractivity (Wildman–Crippen MR) is 85.6 cm³/mol. The molecule has 2 aliphatic rings. The molecule has 0 unspecified atom stereocenters. The molecule has 0 radical (unpaired) electrons. The highest BCUT2D eigenvalue weighted by Gasteiger charge is 2.41. The Balaban J connectivity index is 1.93. The quantitative estimate of drug-likeness (QED) is 0.842. The molecule has 6 heteroatoms. The van der Waals surface area contributed by atoms with E-state index >= 15 is 0 Å². The summed E-state index contributed by atoms with van der Waals surface area (Å²) in [6.45, 7) is 6.05. The summed E-state index contributed by atoms with van der Waals surface area (Å²) in [4.78, 5) is 28.2. The van der Waals surface area contributed by atoms with Crippen LogP contribution in [0.15, 0.2) is 35.0 Å². The summed E-state index contributed by atoms with van der Waals surface area (Å²) < 4.78 is 0. The lowest BCUT2D eigenvalue weighted by Gasteiger charge is -2.33. The average molecular weight is 320 g/mol. The Morgan fingerprint density at radius 1 is 1.27 bits per heavy atom. The Bertz CT molecular complexity index is 671. The van der Waals surface area contributed by atoms with E-state index in [9.17, 15) is 9.59 Å². The van der Waals surface area contributed by atoms with E-state index < -0.39 is 5.91 Å². The van der Waals surface area contributed by atoms with Crippen LogP contribution in [0.25, 0.3) is 0 Å². The lowest BCUT2D eigenvalue weighted by atomic mass is 10.2. The molecule has 2 aliphatic heterocycles. The van der Waals surface area contributed by atoms with Crippen molar-refractivity contribution < 1.29 is 9.59 Å². The van der Waals surface area contributed by atoms with Gasteiger partial charge in [-0.2, -0.15) is 0 Å². The van der Waals surface area contributed by atoms with Crippen LogP contribution in [0.2, 0.25) is 0 Å². The van der Waals surface area contributed by atoms with Gasteiger partial charge in [-0.1, -0.05) is 23.7 Å². The molecule has 0 saturated carbocycles. The summed E-state index contributed by atoms with van der Waals surface area (Å²) in [6, 6.07) is 7.55. The van der Waals surface area contributed by atoms with Crippen LogP contribution in [-0.4, -0.2) is 42.4 Å². The molecule has 3 rings (SSSR count). The van der Waals surface area contributed by atoms with E-state index in [1.807, 2.05) is 36.9 Å². The molecule has 5 nitrogen and oxygen atoms in total. The van der Waals surface area contributed by atoms with E-state index in [1.54, 1.807) is 6.07 Å². The molecule has 22 heavy (non-hydrogen) atoms. The third-order valence-corrected chi connectivity index (χ3v) is 4.29. The maximum Gasteiger partial charge on any atom is 0.283 e. The number of imide groups is 1. The monoisotopic (exact) mass is 319 g/mol. The molecule has 1 aromatic rings. The number of nitrogens with zero attached hydrogens (tertiary/aromatic N) is 2. The van der Waals surface area contributed by atoms with Crippen LogP contribution in [0, 0.1) is 6.92 Å². The van der Waals surface area contributed by atoms with Gasteiger partial charge in [-0.25, -0.2) is 4.90 Å². The first-order valence-corrected chi connectivity index (χ1v) is 7.70. The first-order valence-electron chi connectivity index (χ1n) is 7.32. The molecule has 0 spiro atoms. The molecule has 1 atom stereocenters. The summed E-state index contributed by atoms with van der Waals surface area (Å²) in [6.07, 6.45) is 0. The number of carbonyl (C=O) groups is 2. The Labute approximate surface area is 134 Å². The van der Waals surface area contributed by atoms with Crippen molar-refractivity contribution in [1.29, 1.82) is 0 Å². The molecule has 1 saturated heterocycles. The van der Waals surface area contributed by atoms with E-state index in [2.05, 4.69) is 5.32 Å². The van der Waals surface area contributed by atoms with Gasteiger partial charge in [0.15, 0.2) is 0 Å². The van der Waals surface area contributed by atoms with Gasteiger partial charge in [-0.3, -0.25) is 9.59 Å². The Morgan fingerprint density at radius 3 is 2.73 bits per heavy atom. The molecule has 0 aromatic heterocycles. The Kier molecular flexibility index (Phi) is 3.93. The predicted octanol–water partition coefficient (Wildman–Crippen LogP) is 1.61. The van der Waals surface area contributed by atoms with Crippen LogP contribution >= 0.6 is 11.6 Å². The van der Waals surface area contributed by atoms with Crippen LogP contribution in [0.3, 0.4) is 0 Å². The van der Waals surface area contributed by atoms with Crippen molar-refractivity contribution in [2.75, 3.05) is 24.5 Å². The molecule has 2 amide bonds. The maximum absolute atomic E-state index is 12.7. The highest BCUT2D eigenvalue weighted by Crippen LogP contribution is 2.31. The van der Waals surface area contributed by atoms with Crippen LogP contribution in [0.5, 0.6) is 0 Å². The van der Waals surface area contributed by atoms with Crippen molar-refractivity contribution in [1.82, 2.24) is 10.2 Å². The zero-order chi connectivity index (χ0) is 15.9. The molecule has 2 heterocycles. The van der Waals surface area contributed by atoms with E-state index in [0.29, 0.717) is 24.5 Å². The van der Waals surface area contributed by atoms with Gasteiger partial charge in [0.25, 0.3) is 11.8 Å². The lowest BCUT2D eigenvalue weighted by molar-refractivity contribution is -0.121. The average Bonchev–Trinajstić information content (AvgIpc) is 2.69. The summed E-state index contributed by atoms with van der Waals surface area (Å²) in [7, 11) is 0. The number of piperazine rings is 1. The highest BCUT2D eigenvalue weighted by molar-refractivity contribution is 6.52. The summed E-state index contributed by atoms with van der Waals surface area (Å²) in [5.74, 6) is -0.784. The number of carbonyl (C=O) groups excluding carboxylic acids is 2. The van der Waals surface area contributed by atoms with Crippen molar-refractivity contribution in [3.8, 4) is 0 Å². The van der Waals surface area contributed by atoms with Crippen molar-refractivity contribution in [3.63, 3.8) is 0 Å². The normalized spacial score (nSPS) is 22.8. The summed E-state index contributed by atoms with van der Waals surface area (Å²) in [5, 5.41) is 3.32. The van der Waals surface area contributed by atoms with Gasteiger partial charge >= 0.3 is 0 Å². The minimum absolute atomic E-state index is 0.0145. The third-order valence-electron chi connectivity index (χ3n) is 3.95. The van der Waals surface area contributed by atoms with Gasteiger partial charge in [0.2, 0.25) is 0 Å². The minimum atomic E-state index is -0.446. The standard InChI is InChI=1S/C16H18ClN3O2/c1-10-4-3-5-12(8-10)20-15(21)13(17)14(16(20)22)19-7-6-18-11(2)9-19/h3-5,8,11,18H,6-7,9H2,1-2H3/t11-/m1/s1. The van der Waals surface area contributed by atoms with Crippen molar-refractivity contribution >= 4 is 29.1 Å². The second kappa shape index (κ2) is 5.74. The third kappa shape index (κ3) is 2.51. The number of hydrogen-bond acceptors (Lipinski definition) is 4. The number of rotatable bonds is 2. The number of anilines is 1. The van der Waals surface area contributed by atoms with Crippen LogP contribution in [0.1, 0.15) is 12.5 Å². The number of halogens is 1. The van der Waals surface area contributed by atoms with Crippen LogP contribution in [0.4, 0.5) is 5.69 Å². The molecular formula is C16H18ClN3O2. The second-order valence-corrected chi connectivity index (χ2v) is 6.13. The maximum atomic E-state index is 12.7. The van der Waals surface area contributed by atoms with E-state index in [4.69, 9.17) is 11.6 Å². The number of hydrogen-bond donors (Lipinski definition) is 1. The summed E-state index contributed by atoms with van der Waals surface area (Å²) >= 11 is 6.19. The van der Waals surface area contributed by atoms with Crippen LogP contribution < -0.4 is 10.2 Å². The second-order valence-electron chi connectivity index (χ2n) is 5.75. The molecule has 1 fully saturated rings. The van der Waals surface area contributed by atoms with Crippen LogP contribution in [-0.2, 0) is 9.59 Å². The topological polar surface area (TPSA) is 52.7 Å². The number of benzene rings is 1. The molecule has 0 bridgehead atoms. The van der Waals surface area contributed by atoms with Gasteiger partial charge in [0.05, 0.1) is 5.69 Å². The molecular weight excluding hydrogens is 302 g/mol. The van der Waals surface area contributed by atoms with E-state index in [-0.39, 0.29) is 17.0 Å². The van der Waals surface area contributed by atoms with Gasteiger partial charge in [-0.05, 0) is 31.5 Å². The fraction of sp³-hybridized carbons (Fsp3) is 0.375. The van der Waals surface area contributed by atoms with Crippen molar-refractivity contribution in [2.24, 2.45) is 0 Å². The molecule has 116 valence electrons. The number of aryl methyl sites for hydroxylation is 1. The fourth-order valence-electron chi connectivity index (χ4n) is 2.90. The number of nitrogens with one attached hydrogen (secondary N) is 1. The van der Waals surface area contributed by atoms with Gasteiger partial charge < -0.3 is 10.2 Å². The van der Waals surface area contributed by atoms with E-state index in [1.165, 1.54) is 0 Å². The Hall–Kier alpha value is -1.85. The summed E-state index contributed by atoms with van der Waals surface area (Å²) in [5.41, 5.74) is 1.87. The zero-order valence-electron chi connectivity index (χ0n) is 12.6. The zero-order valence-corrected chi connectivity index (χ0v) is 13.4. The lowest BCUT2D eigenvalue weighted by Crippen LogP contribution is -2.50. The first-order chi connectivity index (χ1) is 10.5. The smallest absolute Gasteiger partial charge is 0.283 e. The minimum Gasteiger partial charge on any atom is -0.363 e. The molecule has 1 aromatic carbocycles. The highest BCUT2D eigenvalue weighted by atomic mass is 35.5. The SMILES string of the molecule is Cc1cccc(N2C(=O)C(Cl)=C(N3CCN[C@H](C)C3)C2=O)c1. The first kappa shape index (κ1) is 15.1. The van der Waals surface area contributed by atoms with Gasteiger partial charge in [-0.15, -0.1) is 0 Å². The molecule has 1 N–H and O–H groups in total. The Morgan fingerprint density at radius 2 is 2.05 bits per heavy atom. The van der Waals surface area contributed by atoms with Crippen molar-refractivity contribution in [2.45, 2.75) is 19.9 Å². The number of amides is 2. The van der Waals surface area contributed by atoms with E-state index in [0.717, 1.165) is 17.0 Å². The largest absolute Gasteiger partial charge is 0.363 e. The van der Waals surface area contributed by atoms with Gasteiger partial charge in [0.1, 0.15) is 10.7 Å². The van der Waals surface area contributed by atoms with Gasteiger partial charge in [0, 0.05) is 25.7 Å². The fourth-order valence-corrected chi connectivity index (χ4v) is 3.19.